The number of piperazine rings is 1. The summed E-state index contributed by atoms with van der Waals surface area (Å²) in [5.41, 5.74) is 2.88. The van der Waals surface area contributed by atoms with Crippen LogP contribution >= 0.6 is 0 Å². The van der Waals surface area contributed by atoms with E-state index in [2.05, 4.69) is 22.1 Å². The molecule has 0 unspecified atom stereocenters. The van der Waals surface area contributed by atoms with Crippen LogP contribution in [0.3, 0.4) is 0 Å². The molecule has 0 radical (unpaired) electrons. The molecule has 8 nitrogen and oxygen atoms in total. The van der Waals surface area contributed by atoms with Crippen molar-refractivity contribution in [3.8, 4) is 16.9 Å². The minimum Gasteiger partial charge on any atom is -0.383 e. The average molecular weight is 458 g/mol. The third kappa shape index (κ3) is 4.20. The van der Waals surface area contributed by atoms with E-state index in [4.69, 9.17) is 4.74 Å². The Morgan fingerprint density at radius 1 is 0.912 bits per heavy atom. The van der Waals surface area contributed by atoms with Crippen molar-refractivity contribution in [3.05, 3.63) is 89.0 Å². The molecule has 2 aromatic carbocycles. The Morgan fingerprint density at radius 3 is 2.21 bits per heavy atom. The van der Waals surface area contributed by atoms with Crippen molar-refractivity contribution in [1.29, 1.82) is 0 Å². The Balaban J connectivity index is 1.47. The molecule has 3 heterocycles. The summed E-state index contributed by atoms with van der Waals surface area (Å²) >= 11 is 0. The van der Waals surface area contributed by atoms with Crippen LogP contribution in [0.25, 0.3) is 16.9 Å². The number of aromatic nitrogens is 3. The zero-order chi connectivity index (χ0) is 23.5. The van der Waals surface area contributed by atoms with Crippen LogP contribution < -0.4 is 10.5 Å². The minimum absolute atomic E-state index is 0.109. The van der Waals surface area contributed by atoms with Crippen LogP contribution in [0.1, 0.15) is 10.4 Å². The fraction of sp³-hybridized carbons (Fsp3) is 0.269. The molecule has 34 heavy (non-hydrogen) atoms. The highest BCUT2D eigenvalue weighted by Gasteiger charge is 2.29. The third-order valence-electron chi connectivity index (χ3n) is 6.20. The number of hydrogen-bond acceptors (Lipinski definition) is 5. The van der Waals surface area contributed by atoms with Gasteiger partial charge in [0.15, 0.2) is 0 Å². The van der Waals surface area contributed by atoms with E-state index in [1.165, 1.54) is 4.68 Å². The van der Waals surface area contributed by atoms with Gasteiger partial charge in [0, 0.05) is 57.9 Å². The van der Waals surface area contributed by atoms with Crippen LogP contribution in [0.2, 0.25) is 0 Å². The molecule has 2 aromatic rings. The molecule has 0 N–H and O–H groups in total. The van der Waals surface area contributed by atoms with E-state index in [0.29, 0.717) is 48.7 Å². The van der Waals surface area contributed by atoms with Crippen molar-refractivity contribution in [1.82, 2.24) is 19.2 Å². The number of nitrogens with zero attached hydrogens (tertiary/aromatic N) is 5. The largest absolute Gasteiger partial charge is 0.383 e. The minimum atomic E-state index is -0.240. The number of carbonyl (C=O) groups excluding carboxylic acids is 1. The molecule has 0 spiro atoms. The van der Waals surface area contributed by atoms with Gasteiger partial charge in [-0.3, -0.25) is 9.59 Å². The number of hydrogen-bond donors (Lipinski definition) is 0. The fourth-order valence-corrected chi connectivity index (χ4v) is 4.36. The van der Waals surface area contributed by atoms with Gasteiger partial charge in [0.2, 0.25) is 0 Å². The van der Waals surface area contributed by atoms with Crippen molar-refractivity contribution in [2.24, 2.45) is 0 Å². The van der Waals surface area contributed by atoms with Gasteiger partial charge in [-0.1, -0.05) is 36.4 Å². The van der Waals surface area contributed by atoms with E-state index in [9.17, 15) is 9.59 Å². The van der Waals surface area contributed by atoms with Gasteiger partial charge in [-0.15, -0.1) is 0 Å². The summed E-state index contributed by atoms with van der Waals surface area (Å²) in [5, 5.41) is 4.58. The second-order valence-electron chi connectivity index (χ2n) is 8.33. The third-order valence-corrected chi connectivity index (χ3v) is 6.20. The lowest BCUT2D eigenvalue weighted by Gasteiger charge is -2.36. The zero-order valence-electron chi connectivity index (χ0n) is 19.1. The topological polar surface area (TPSA) is 72.6 Å². The summed E-state index contributed by atoms with van der Waals surface area (Å²) in [5.74, 6) is -0.109. The number of methoxy groups -OCH3 is 1. The van der Waals surface area contributed by atoms with Crippen LogP contribution in [0.15, 0.2) is 77.9 Å². The maximum absolute atomic E-state index is 13.7. The highest BCUT2D eigenvalue weighted by molar-refractivity contribution is 6.00. The van der Waals surface area contributed by atoms with Gasteiger partial charge in [0.25, 0.3) is 11.5 Å². The Kier molecular flexibility index (Phi) is 6.14. The molecule has 1 fully saturated rings. The van der Waals surface area contributed by atoms with E-state index < -0.39 is 0 Å². The SMILES string of the molecule is COCCn1cc(C(=O)N2CCN(c3ccccc3)CC2)c2nn(-c3ccccc3)c(=O)c-2c1. The first-order valence-corrected chi connectivity index (χ1v) is 11.4. The molecule has 0 aliphatic carbocycles. The number of benzene rings is 2. The smallest absolute Gasteiger partial charge is 0.282 e. The number of carbonyl (C=O) groups is 1. The number of pyridine rings is 1. The molecule has 0 bridgehead atoms. The van der Waals surface area contributed by atoms with Gasteiger partial charge >= 0.3 is 0 Å². The monoisotopic (exact) mass is 457 g/mol. The van der Waals surface area contributed by atoms with Crippen molar-refractivity contribution in [2.75, 3.05) is 44.8 Å². The van der Waals surface area contributed by atoms with Crippen LogP contribution in [-0.2, 0) is 11.3 Å². The Labute approximate surface area is 197 Å². The number of anilines is 1. The highest BCUT2D eigenvalue weighted by Crippen LogP contribution is 2.25. The molecule has 0 saturated carbocycles. The molecule has 1 saturated heterocycles. The highest BCUT2D eigenvalue weighted by atomic mass is 16.5. The first-order valence-electron chi connectivity index (χ1n) is 11.4. The molecule has 3 aliphatic rings. The number of ether oxygens (including phenoxy) is 1. The number of amides is 1. The Bertz CT molecular complexity index is 1290. The van der Waals surface area contributed by atoms with Crippen molar-refractivity contribution in [2.45, 2.75) is 6.54 Å². The van der Waals surface area contributed by atoms with E-state index >= 15 is 0 Å². The van der Waals surface area contributed by atoms with Crippen LogP contribution in [0.5, 0.6) is 0 Å². The summed E-state index contributed by atoms with van der Waals surface area (Å²) in [6.07, 6.45) is 3.54. The standard InChI is InChI=1S/C26H27N5O3/c1-34-17-16-28-18-22(24-23(19-28)26(33)31(27-24)21-10-6-3-7-11-21)25(32)30-14-12-29(13-15-30)20-8-4-2-5-9-20/h2-11,18-19H,12-17H2,1H3. The number of rotatable bonds is 6. The molecule has 0 atom stereocenters. The normalized spacial score (nSPS) is 14.0. The lowest BCUT2D eigenvalue weighted by molar-refractivity contribution is 0.0746. The molecule has 174 valence electrons. The molecular weight excluding hydrogens is 430 g/mol. The zero-order valence-corrected chi connectivity index (χ0v) is 19.1. The average Bonchev–Trinajstić information content (AvgIpc) is 3.24. The lowest BCUT2D eigenvalue weighted by atomic mass is 10.1. The maximum Gasteiger partial charge on any atom is 0.282 e. The van der Waals surface area contributed by atoms with Crippen LogP contribution in [0, 0.1) is 0 Å². The van der Waals surface area contributed by atoms with Crippen molar-refractivity contribution in [3.63, 3.8) is 0 Å². The predicted octanol–water partition coefficient (Wildman–Crippen LogP) is 2.75. The number of fused-ring (bicyclic) bond motifs is 1. The molecule has 1 amide bonds. The van der Waals surface area contributed by atoms with Gasteiger partial charge in [-0.2, -0.15) is 9.78 Å². The van der Waals surface area contributed by atoms with Crippen molar-refractivity contribution < 1.29 is 9.53 Å². The van der Waals surface area contributed by atoms with E-state index in [-0.39, 0.29) is 11.5 Å². The molecule has 0 aromatic heterocycles. The van der Waals surface area contributed by atoms with Gasteiger partial charge in [0.05, 0.1) is 23.4 Å². The van der Waals surface area contributed by atoms with Crippen LogP contribution in [-0.4, -0.2) is 65.1 Å². The molecule has 5 rings (SSSR count). The van der Waals surface area contributed by atoms with Gasteiger partial charge < -0.3 is 19.1 Å². The molecule has 8 heteroatoms. The summed E-state index contributed by atoms with van der Waals surface area (Å²) in [6.45, 7) is 3.71. The predicted molar refractivity (Wildman–Crippen MR) is 131 cm³/mol. The summed E-state index contributed by atoms with van der Waals surface area (Å²) in [4.78, 5) is 31.0. The maximum atomic E-state index is 13.7. The van der Waals surface area contributed by atoms with Gasteiger partial charge in [-0.25, -0.2) is 0 Å². The summed E-state index contributed by atoms with van der Waals surface area (Å²) in [6, 6.07) is 19.5. The fourth-order valence-electron chi connectivity index (χ4n) is 4.36. The second kappa shape index (κ2) is 9.52. The lowest BCUT2D eigenvalue weighted by Crippen LogP contribution is -2.49. The van der Waals surface area contributed by atoms with E-state index in [1.807, 2.05) is 58.0 Å². The van der Waals surface area contributed by atoms with E-state index in [1.54, 1.807) is 19.5 Å². The molecule has 3 aliphatic heterocycles. The second-order valence-corrected chi connectivity index (χ2v) is 8.33. The Hall–Kier alpha value is -3.91. The molecular formula is C26H27N5O3. The first kappa shape index (κ1) is 21.9. The van der Waals surface area contributed by atoms with E-state index in [0.717, 1.165) is 18.8 Å². The Morgan fingerprint density at radius 2 is 1.56 bits per heavy atom. The first-order chi connectivity index (χ1) is 16.7. The van der Waals surface area contributed by atoms with Crippen LogP contribution in [0.4, 0.5) is 5.69 Å². The van der Waals surface area contributed by atoms with Crippen molar-refractivity contribution >= 4 is 11.6 Å². The quantitative estimate of drug-likeness (QED) is 0.445. The number of para-hydroxylation sites is 2. The summed E-state index contributed by atoms with van der Waals surface area (Å²) < 4.78 is 8.43. The van der Waals surface area contributed by atoms with Gasteiger partial charge in [0.1, 0.15) is 5.69 Å². The summed E-state index contributed by atoms with van der Waals surface area (Å²) in [7, 11) is 1.63. The van der Waals surface area contributed by atoms with Gasteiger partial charge in [-0.05, 0) is 24.3 Å².